The fraction of sp³-hybridized carbons (Fsp3) is 0.0625. The average molecular weight is 261 g/mol. The Hall–Kier alpha value is -3.11. The number of nitrogens with two attached hydrogens (primary N) is 1. The minimum absolute atomic E-state index is 0.165. The van der Waals surface area contributed by atoms with Crippen molar-refractivity contribution in [3.05, 3.63) is 70.3 Å². The summed E-state index contributed by atoms with van der Waals surface area (Å²) in [4.78, 5) is 11.5. The summed E-state index contributed by atoms with van der Waals surface area (Å²) in [6.45, 7) is 0. The van der Waals surface area contributed by atoms with Gasteiger partial charge in [-0.15, -0.1) is 0 Å². The van der Waals surface area contributed by atoms with Crippen LogP contribution in [-0.2, 0) is 6.42 Å². The number of nitrogens with zero attached hydrogens (tertiary/aromatic N) is 2. The number of carbonyl (C=O) groups excluding carboxylic acids is 1. The molecule has 0 saturated heterocycles. The Balaban J connectivity index is 2.54. The minimum atomic E-state index is -0.600. The van der Waals surface area contributed by atoms with Crippen LogP contribution in [0.25, 0.3) is 0 Å². The van der Waals surface area contributed by atoms with Crippen molar-refractivity contribution in [1.29, 1.82) is 10.5 Å². The zero-order valence-corrected chi connectivity index (χ0v) is 10.6. The predicted molar refractivity (Wildman–Crippen MR) is 73.6 cm³/mol. The first-order valence-corrected chi connectivity index (χ1v) is 5.96. The second kappa shape index (κ2) is 5.69. The highest BCUT2D eigenvalue weighted by atomic mass is 16.1. The number of benzene rings is 2. The van der Waals surface area contributed by atoms with Crippen LogP contribution in [-0.4, -0.2) is 5.91 Å². The van der Waals surface area contributed by atoms with Gasteiger partial charge in [0, 0.05) is 5.56 Å². The van der Waals surface area contributed by atoms with E-state index in [2.05, 4.69) is 0 Å². The van der Waals surface area contributed by atoms with E-state index in [1.165, 1.54) is 6.07 Å². The first kappa shape index (κ1) is 13.3. The van der Waals surface area contributed by atoms with Gasteiger partial charge in [0.1, 0.15) is 12.1 Å². The lowest BCUT2D eigenvalue weighted by atomic mass is 9.94. The quantitative estimate of drug-likeness (QED) is 0.917. The van der Waals surface area contributed by atoms with Crippen LogP contribution in [0, 0.1) is 22.7 Å². The van der Waals surface area contributed by atoms with Gasteiger partial charge in [-0.3, -0.25) is 4.79 Å². The van der Waals surface area contributed by atoms with Crippen LogP contribution in [0.15, 0.2) is 42.5 Å². The van der Waals surface area contributed by atoms with Gasteiger partial charge in [0.15, 0.2) is 0 Å². The van der Waals surface area contributed by atoms with Crippen molar-refractivity contribution in [3.63, 3.8) is 0 Å². The van der Waals surface area contributed by atoms with Gasteiger partial charge < -0.3 is 5.73 Å². The Morgan fingerprint density at radius 1 is 1.05 bits per heavy atom. The third-order valence-electron chi connectivity index (χ3n) is 2.99. The predicted octanol–water partition coefficient (Wildman–Crippen LogP) is 2.12. The molecule has 0 aliphatic heterocycles. The molecule has 20 heavy (non-hydrogen) atoms. The van der Waals surface area contributed by atoms with Gasteiger partial charge in [0.25, 0.3) is 0 Å². The molecular formula is C16H11N3O. The average Bonchev–Trinajstić information content (AvgIpc) is 2.47. The maximum Gasteiger partial charge on any atom is 0.249 e. The van der Waals surface area contributed by atoms with Gasteiger partial charge in [-0.05, 0) is 29.7 Å². The van der Waals surface area contributed by atoms with E-state index in [1.54, 1.807) is 6.07 Å². The van der Waals surface area contributed by atoms with Crippen LogP contribution in [0.4, 0.5) is 0 Å². The van der Waals surface area contributed by atoms with Gasteiger partial charge >= 0.3 is 0 Å². The molecule has 0 aliphatic carbocycles. The summed E-state index contributed by atoms with van der Waals surface area (Å²) in [5.41, 5.74) is 7.71. The molecule has 2 rings (SSSR count). The number of amides is 1. The summed E-state index contributed by atoms with van der Waals surface area (Å²) in [6.07, 6.45) is 0.486. The van der Waals surface area contributed by atoms with Crippen LogP contribution in [0.2, 0.25) is 0 Å². The molecule has 2 aromatic rings. The maximum absolute atomic E-state index is 11.5. The van der Waals surface area contributed by atoms with Crippen LogP contribution in [0.5, 0.6) is 0 Å². The Morgan fingerprint density at radius 2 is 1.65 bits per heavy atom. The lowest BCUT2D eigenvalue weighted by Crippen LogP contribution is -2.15. The van der Waals surface area contributed by atoms with Crippen molar-refractivity contribution in [2.24, 2.45) is 5.73 Å². The number of primary amides is 1. The van der Waals surface area contributed by atoms with E-state index in [0.717, 1.165) is 5.56 Å². The molecule has 0 aliphatic rings. The molecule has 2 aromatic carbocycles. The molecule has 0 spiro atoms. The molecule has 0 fully saturated rings. The fourth-order valence-electron chi connectivity index (χ4n) is 2.02. The summed E-state index contributed by atoms with van der Waals surface area (Å²) in [6, 6.07) is 16.4. The van der Waals surface area contributed by atoms with Crippen LogP contribution < -0.4 is 5.73 Å². The number of hydrogen-bond acceptors (Lipinski definition) is 3. The standard InChI is InChI=1S/C16H11N3O/c17-9-13-7-12(6-11-4-2-1-3-5-11)15(16(19)20)8-14(13)10-18/h1-5,7-8H,6H2,(H2,19,20). The molecule has 4 heteroatoms. The highest BCUT2D eigenvalue weighted by Gasteiger charge is 2.14. The van der Waals surface area contributed by atoms with Gasteiger partial charge in [-0.25, -0.2) is 0 Å². The van der Waals surface area contributed by atoms with E-state index in [4.69, 9.17) is 16.3 Å². The van der Waals surface area contributed by atoms with Gasteiger partial charge in [-0.1, -0.05) is 30.3 Å². The number of rotatable bonds is 3. The molecule has 4 nitrogen and oxygen atoms in total. The molecule has 0 heterocycles. The summed E-state index contributed by atoms with van der Waals surface area (Å²) in [5, 5.41) is 18.0. The van der Waals surface area contributed by atoms with E-state index in [1.807, 2.05) is 42.5 Å². The lowest BCUT2D eigenvalue weighted by molar-refractivity contribution is 0.0999. The van der Waals surface area contributed by atoms with E-state index < -0.39 is 5.91 Å². The molecule has 96 valence electrons. The summed E-state index contributed by atoms with van der Waals surface area (Å²) >= 11 is 0. The van der Waals surface area contributed by atoms with Crippen molar-refractivity contribution in [3.8, 4) is 12.1 Å². The third kappa shape index (κ3) is 2.66. The third-order valence-corrected chi connectivity index (χ3v) is 2.99. The molecule has 0 radical (unpaired) electrons. The number of hydrogen-bond donors (Lipinski definition) is 1. The van der Waals surface area contributed by atoms with Crippen molar-refractivity contribution in [2.75, 3.05) is 0 Å². The van der Waals surface area contributed by atoms with Crippen molar-refractivity contribution >= 4 is 5.91 Å². The van der Waals surface area contributed by atoms with Crippen molar-refractivity contribution in [1.82, 2.24) is 0 Å². The SMILES string of the molecule is N#Cc1cc(Cc2ccccc2)c(C(N)=O)cc1C#N. The largest absolute Gasteiger partial charge is 0.366 e. The Labute approximate surface area is 116 Å². The second-order valence-electron chi connectivity index (χ2n) is 4.31. The molecule has 0 unspecified atom stereocenters. The maximum atomic E-state index is 11.5. The summed E-state index contributed by atoms with van der Waals surface area (Å²) in [5.74, 6) is -0.600. The van der Waals surface area contributed by atoms with Gasteiger partial charge in [0.05, 0.1) is 11.1 Å². The van der Waals surface area contributed by atoms with Crippen LogP contribution in [0.1, 0.15) is 32.6 Å². The molecule has 0 bridgehead atoms. The van der Waals surface area contributed by atoms with Crippen LogP contribution in [0.3, 0.4) is 0 Å². The van der Waals surface area contributed by atoms with E-state index in [9.17, 15) is 4.79 Å². The first-order valence-electron chi connectivity index (χ1n) is 5.96. The fourth-order valence-corrected chi connectivity index (χ4v) is 2.02. The molecular weight excluding hydrogens is 250 g/mol. The van der Waals surface area contributed by atoms with Crippen LogP contribution >= 0.6 is 0 Å². The zero-order valence-electron chi connectivity index (χ0n) is 10.6. The van der Waals surface area contributed by atoms with Crippen molar-refractivity contribution < 1.29 is 4.79 Å². The Morgan fingerprint density at radius 3 is 2.20 bits per heavy atom. The molecule has 0 saturated carbocycles. The number of carbonyl (C=O) groups is 1. The monoisotopic (exact) mass is 261 g/mol. The Kier molecular flexibility index (Phi) is 3.79. The summed E-state index contributed by atoms with van der Waals surface area (Å²) in [7, 11) is 0. The normalized spacial score (nSPS) is 9.50. The molecule has 0 atom stereocenters. The first-order chi connectivity index (χ1) is 9.65. The van der Waals surface area contributed by atoms with E-state index in [-0.39, 0.29) is 16.7 Å². The van der Waals surface area contributed by atoms with Gasteiger partial charge in [0.2, 0.25) is 5.91 Å². The second-order valence-corrected chi connectivity index (χ2v) is 4.31. The lowest BCUT2D eigenvalue weighted by Gasteiger charge is -2.09. The van der Waals surface area contributed by atoms with Gasteiger partial charge in [-0.2, -0.15) is 10.5 Å². The number of nitriles is 2. The Bertz CT molecular complexity index is 737. The highest BCUT2D eigenvalue weighted by molar-refractivity contribution is 5.95. The molecule has 2 N–H and O–H groups in total. The minimum Gasteiger partial charge on any atom is -0.366 e. The van der Waals surface area contributed by atoms with Crippen molar-refractivity contribution in [2.45, 2.75) is 6.42 Å². The molecule has 1 amide bonds. The van der Waals surface area contributed by atoms with E-state index in [0.29, 0.717) is 12.0 Å². The highest BCUT2D eigenvalue weighted by Crippen LogP contribution is 2.19. The zero-order chi connectivity index (χ0) is 14.5. The molecule has 0 aromatic heterocycles. The topological polar surface area (TPSA) is 90.7 Å². The smallest absolute Gasteiger partial charge is 0.249 e. The van der Waals surface area contributed by atoms with E-state index >= 15 is 0 Å². The summed E-state index contributed by atoms with van der Waals surface area (Å²) < 4.78 is 0.